The SMILES string of the molecule is CC(C)c1cc2c(Nc3ccc(N)cc3)nccn2n1. The molecule has 0 saturated heterocycles. The normalized spacial score (nSPS) is 11.2. The lowest BCUT2D eigenvalue weighted by Gasteiger charge is -2.06. The van der Waals surface area contributed by atoms with Gasteiger partial charge in [0, 0.05) is 23.8 Å². The molecule has 20 heavy (non-hydrogen) atoms. The fourth-order valence-electron chi connectivity index (χ4n) is 2.02. The molecule has 5 nitrogen and oxygen atoms in total. The number of benzene rings is 1. The average Bonchev–Trinajstić information content (AvgIpc) is 2.87. The molecule has 0 saturated carbocycles. The van der Waals surface area contributed by atoms with Crippen molar-refractivity contribution in [3.05, 3.63) is 48.4 Å². The van der Waals surface area contributed by atoms with Crippen molar-refractivity contribution in [3.63, 3.8) is 0 Å². The molecule has 1 aromatic carbocycles. The van der Waals surface area contributed by atoms with Crippen LogP contribution in [0, 0.1) is 0 Å². The Morgan fingerprint density at radius 3 is 2.65 bits per heavy atom. The number of hydrogen-bond donors (Lipinski definition) is 2. The van der Waals surface area contributed by atoms with Crippen LogP contribution in [0.3, 0.4) is 0 Å². The number of nitrogens with one attached hydrogen (secondary N) is 1. The molecule has 2 aromatic heterocycles. The van der Waals surface area contributed by atoms with E-state index in [4.69, 9.17) is 5.73 Å². The summed E-state index contributed by atoms with van der Waals surface area (Å²) in [5, 5.41) is 7.84. The quantitative estimate of drug-likeness (QED) is 0.715. The average molecular weight is 267 g/mol. The Morgan fingerprint density at radius 2 is 1.95 bits per heavy atom. The minimum Gasteiger partial charge on any atom is -0.399 e. The Kier molecular flexibility index (Phi) is 3.02. The molecular weight excluding hydrogens is 250 g/mol. The van der Waals surface area contributed by atoms with Crippen LogP contribution >= 0.6 is 0 Å². The third kappa shape index (κ3) is 2.30. The molecule has 5 heteroatoms. The van der Waals surface area contributed by atoms with E-state index in [1.54, 1.807) is 6.20 Å². The van der Waals surface area contributed by atoms with E-state index in [1.807, 2.05) is 35.0 Å². The second-order valence-electron chi connectivity index (χ2n) is 5.08. The molecule has 0 aliphatic carbocycles. The van der Waals surface area contributed by atoms with Gasteiger partial charge >= 0.3 is 0 Å². The first-order chi connectivity index (χ1) is 9.63. The molecule has 0 fully saturated rings. The summed E-state index contributed by atoms with van der Waals surface area (Å²) in [5.41, 5.74) is 9.40. The third-order valence-corrected chi connectivity index (χ3v) is 3.17. The van der Waals surface area contributed by atoms with Crippen LogP contribution in [0.1, 0.15) is 25.5 Å². The first kappa shape index (κ1) is 12.5. The van der Waals surface area contributed by atoms with Crippen LogP contribution in [0.15, 0.2) is 42.7 Å². The summed E-state index contributed by atoms with van der Waals surface area (Å²) in [7, 11) is 0. The number of fused-ring (bicyclic) bond motifs is 1. The summed E-state index contributed by atoms with van der Waals surface area (Å²) in [4.78, 5) is 4.39. The minimum atomic E-state index is 0.388. The van der Waals surface area contributed by atoms with Gasteiger partial charge in [-0.05, 0) is 36.2 Å². The van der Waals surface area contributed by atoms with E-state index in [0.717, 1.165) is 28.4 Å². The van der Waals surface area contributed by atoms with Crippen molar-refractivity contribution in [2.45, 2.75) is 19.8 Å². The zero-order valence-electron chi connectivity index (χ0n) is 11.5. The highest BCUT2D eigenvalue weighted by Gasteiger charge is 2.09. The molecule has 102 valence electrons. The molecule has 3 aromatic rings. The van der Waals surface area contributed by atoms with Gasteiger partial charge in [0.05, 0.1) is 5.69 Å². The van der Waals surface area contributed by atoms with Crippen molar-refractivity contribution in [3.8, 4) is 0 Å². The van der Waals surface area contributed by atoms with Gasteiger partial charge in [0.25, 0.3) is 0 Å². The van der Waals surface area contributed by atoms with Gasteiger partial charge in [0.1, 0.15) is 5.52 Å². The van der Waals surface area contributed by atoms with Crippen LogP contribution in [0.25, 0.3) is 5.52 Å². The molecule has 3 N–H and O–H groups in total. The monoisotopic (exact) mass is 267 g/mol. The van der Waals surface area contributed by atoms with Crippen LogP contribution in [0.5, 0.6) is 0 Å². The van der Waals surface area contributed by atoms with E-state index in [2.05, 4.69) is 35.3 Å². The van der Waals surface area contributed by atoms with Crippen LogP contribution in [0.4, 0.5) is 17.2 Å². The van der Waals surface area contributed by atoms with E-state index < -0.39 is 0 Å². The number of nitrogens with zero attached hydrogens (tertiary/aromatic N) is 3. The van der Waals surface area contributed by atoms with Crippen LogP contribution in [0.2, 0.25) is 0 Å². The first-order valence-corrected chi connectivity index (χ1v) is 6.60. The lowest BCUT2D eigenvalue weighted by Crippen LogP contribution is -1.98. The van der Waals surface area contributed by atoms with Gasteiger partial charge in [-0.2, -0.15) is 5.10 Å². The summed E-state index contributed by atoms with van der Waals surface area (Å²) >= 11 is 0. The van der Waals surface area contributed by atoms with Gasteiger partial charge < -0.3 is 11.1 Å². The maximum atomic E-state index is 5.69. The summed E-state index contributed by atoms with van der Waals surface area (Å²) < 4.78 is 1.85. The molecule has 0 spiro atoms. The number of anilines is 3. The highest BCUT2D eigenvalue weighted by atomic mass is 15.2. The summed E-state index contributed by atoms with van der Waals surface area (Å²) in [6.07, 6.45) is 3.60. The first-order valence-electron chi connectivity index (χ1n) is 6.60. The van der Waals surface area contributed by atoms with Gasteiger partial charge in [-0.25, -0.2) is 9.50 Å². The maximum absolute atomic E-state index is 5.69. The molecule has 0 unspecified atom stereocenters. The van der Waals surface area contributed by atoms with E-state index in [9.17, 15) is 0 Å². The zero-order chi connectivity index (χ0) is 14.1. The lowest BCUT2D eigenvalue weighted by molar-refractivity contribution is 0.787. The van der Waals surface area contributed by atoms with E-state index in [1.165, 1.54) is 0 Å². The largest absolute Gasteiger partial charge is 0.399 e. The van der Waals surface area contributed by atoms with E-state index >= 15 is 0 Å². The van der Waals surface area contributed by atoms with E-state index in [-0.39, 0.29) is 0 Å². The van der Waals surface area contributed by atoms with Gasteiger partial charge in [-0.1, -0.05) is 13.8 Å². The Morgan fingerprint density at radius 1 is 1.20 bits per heavy atom. The van der Waals surface area contributed by atoms with Crippen molar-refractivity contribution in [1.82, 2.24) is 14.6 Å². The molecule has 0 amide bonds. The molecule has 3 rings (SSSR count). The lowest BCUT2D eigenvalue weighted by atomic mass is 10.1. The van der Waals surface area contributed by atoms with E-state index in [0.29, 0.717) is 5.92 Å². The predicted octanol–water partition coefficient (Wildman–Crippen LogP) is 3.18. The molecule has 2 heterocycles. The summed E-state index contributed by atoms with van der Waals surface area (Å²) in [6.45, 7) is 4.25. The summed E-state index contributed by atoms with van der Waals surface area (Å²) in [6, 6.07) is 9.65. The zero-order valence-corrected chi connectivity index (χ0v) is 11.5. The Labute approximate surface area is 117 Å². The van der Waals surface area contributed by atoms with Gasteiger partial charge in [-0.3, -0.25) is 0 Å². The number of aromatic nitrogens is 3. The van der Waals surface area contributed by atoms with Gasteiger partial charge in [0.2, 0.25) is 0 Å². The van der Waals surface area contributed by atoms with Crippen LogP contribution < -0.4 is 11.1 Å². The highest BCUT2D eigenvalue weighted by molar-refractivity contribution is 5.73. The molecule has 0 radical (unpaired) electrons. The Hall–Kier alpha value is -2.56. The minimum absolute atomic E-state index is 0.388. The van der Waals surface area contributed by atoms with Crippen LogP contribution in [-0.4, -0.2) is 14.6 Å². The van der Waals surface area contributed by atoms with Gasteiger partial charge in [-0.15, -0.1) is 0 Å². The number of nitrogen functional groups attached to an aromatic ring is 1. The fraction of sp³-hybridized carbons (Fsp3) is 0.200. The molecule has 0 aliphatic rings. The Bertz CT molecular complexity index is 728. The summed E-state index contributed by atoms with van der Waals surface area (Å²) in [5.74, 6) is 1.18. The fourth-order valence-corrected chi connectivity index (χ4v) is 2.02. The third-order valence-electron chi connectivity index (χ3n) is 3.17. The maximum Gasteiger partial charge on any atom is 0.156 e. The van der Waals surface area contributed by atoms with Crippen LogP contribution in [-0.2, 0) is 0 Å². The number of rotatable bonds is 3. The molecule has 0 aliphatic heterocycles. The second kappa shape index (κ2) is 4.85. The number of hydrogen-bond acceptors (Lipinski definition) is 4. The standard InChI is InChI=1S/C15H17N5/c1-10(2)13-9-14-15(17-7-8-20(14)19-13)18-12-5-3-11(16)4-6-12/h3-10H,16H2,1-2H3,(H,17,18). The topological polar surface area (TPSA) is 68.2 Å². The molecule has 0 bridgehead atoms. The smallest absolute Gasteiger partial charge is 0.156 e. The predicted molar refractivity (Wildman–Crippen MR) is 81.2 cm³/mol. The van der Waals surface area contributed by atoms with Crippen molar-refractivity contribution in [2.24, 2.45) is 0 Å². The molecule has 0 atom stereocenters. The second-order valence-corrected chi connectivity index (χ2v) is 5.08. The van der Waals surface area contributed by atoms with Crippen molar-refractivity contribution >= 4 is 22.7 Å². The Balaban J connectivity index is 2.00. The van der Waals surface area contributed by atoms with Gasteiger partial charge in [0.15, 0.2) is 5.82 Å². The highest BCUT2D eigenvalue weighted by Crippen LogP contribution is 2.23. The molecular formula is C15H17N5. The number of nitrogens with two attached hydrogens (primary N) is 1. The van der Waals surface area contributed by atoms with Crippen molar-refractivity contribution in [1.29, 1.82) is 0 Å². The van der Waals surface area contributed by atoms with Crippen molar-refractivity contribution < 1.29 is 0 Å². The van der Waals surface area contributed by atoms with Crippen molar-refractivity contribution in [2.75, 3.05) is 11.1 Å².